The Labute approximate surface area is 162 Å². The highest BCUT2D eigenvalue weighted by molar-refractivity contribution is 6.42. The molecule has 3 rings (SSSR count). The minimum atomic E-state index is -1.17. The number of carboxylic acid groups (broad SMARTS) is 1. The number of aromatic nitrogens is 2. The van der Waals surface area contributed by atoms with Crippen molar-refractivity contribution < 1.29 is 19.5 Å². The van der Waals surface area contributed by atoms with Gasteiger partial charge in [-0.25, -0.2) is 4.79 Å². The number of aryl methyl sites for hydroxylation is 1. The SMILES string of the molecule is CON=C(C(=O)O)c1ccccc1COc1cc(Cc2ccccc2)n(C)n1. The quantitative estimate of drug-likeness (QED) is 0.480. The number of carbonyl (C=O) groups is 1. The second kappa shape index (κ2) is 8.85. The third-order valence-corrected chi connectivity index (χ3v) is 4.22. The van der Waals surface area contributed by atoms with Gasteiger partial charge in [0, 0.05) is 30.8 Å². The first-order valence-corrected chi connectivity index (χ1v) is 8.71. The molecule has 0 spiro atoms. The number of carboxylic acids is 1. The lowest BCUT2D eigenvalue weighted by Crippen LogP contribution is -2.17. The highest BCUT2D eigenvalue weighted by Crippen LogP contribution is 2.18. The van der Waals surface area contributed by atoms with Crippen LogP contribution in [0.15, 0.2) is 65.8 Å². The van der Waals surface area contributed by atoms with Crippen LogP contribution in [0.3, 0.4) is 0 Å². The summed E-state index contributed by atoms with van der Waals surface area (Å²) >= 11 is 0. The molecule has 7 heteroatoms. The average Bonchev–Trinajstić information content (AvgIpc) is 3.05. The van der Waals surface area contributed by atoms with Crippen LogP contribution in [0.4, 0.5) is 0 Å². The number of ether oxygens (including phenoxy) is 1. The molecule has 0 bridgehead atoms. The van der Waals surface area contributed by atoms with E-state index in [-0.39, 0.29) is 12.3 Å². The first-order chi connectivity index (χ1) is 13.6. The van der Waals surface area contributed by atoms with Crippen LogP contribution in [0.5, 0.6) is 5.88 Å². The monoisotopic (exact) mass is 379 g/mol. The first-order valence-electron chi connectivity index (χ1n) is 8.71. The molecule has 0 atom stereocenters. The van der Waals surface area contributed by atoms with E-state index >= 15 is 0 Å². The molecule has 0 aliphatic rings. The van der Waals surface area contributed by atoms with Crippen molar-refractivity contribution in [1.29, 1.82) is 0 Å². The molecule has 7 nitrogen and oxygen atoms in total. The molecule has 3 aromatic rings. The number of hydrogen-bond acceptors (Lipinski definition) is 5. The molecule has 0 unspecified atom stereocenters. The largest absolute Gasteiger partial charge is 0.476 e. The minimum Gasteiger partial charge on any atom is -0.476 e. The van der Waals surface area contributed by atoms with Crippen LogP contribution in [-0.4, -0.2) is 33.7 Å². The van der Waals surface area contributed by atoms with Gasteiger partial charge < -0.3 is 14.7 Å². The van der Waals surface area contributed by atoms with Crippen LogP contribution < -0.4 is 4.74 Å². The van der Waals surface area contributed by atoms with Gasteiger partial charge in [-0.15, -0.1) is 5.10 Å². The van der Waals surface area contributed by atoms with E-state index in [1.165, 1.54) is 12.7 Å². The zero-order chi connectivity index (χ0) is 19.9. The molecule has 0 amide bonds. The minimum absolute atomic E-state index is 0.161. The topological polar surface area (TPSA) is 85.9 Å². The molecule has 0 saturated carbocycles. The van der Waals surface area contributed by atoms with Crippen LogP contribution in [0.2, 0.25) is 0 Å². The van der Waals surface area contributed by atoms with Crippen molar-refractivity contribution in [2.75, 3.05) is 7.11 Å². The Balaban J connectivity index is 1.76. The van der Waals surface area contributed by atoms with Gasteiger partial charge in [-0.1, -0.05) is 59.8 Å². The molecule has 1 N–H and O–H groups in total. The molecular weight excluding hydrogens is 358 g/mol. The van der Waals surface area contributed by atoms with E-state index < -0.39 is 5.97 Å². The van der Waals surface area contributed by atoms with Gasteiger partial charge >= 0.3 is 5.97 Å². The maximum Gasteiger partial charge on any atom is 0.358 e. The van der Waals surface area contributed by atoms with Gasteiger partial charge in [0.1, 0.15) is 13.7 Å². The summed E-state index contributed by atoms with van der Waals surface area (Å²) in [6, 6.07) is 19.0. The second-order valence-electron chi connectivity index (χ2n) is 6.13. The zero-order valence-electron chi connectivity index (χ0n) is 15.7. The van der Waals surface area contributed by atoms with Gasteiger partial charge in [0.2, 0.25) is 5.88 Å². The predicted molar refractivity (Wildman–Crippen MR) is 104 cm³/mol. The van der Waals surface area contributed by atoms with Crippen LogP contribution in [0, 0.1) is 0 Å². The maximum absolute atomic E-state index is 11.5. The molecule has 0 fully saturated rings. The molecule has 28 heavy (non-hydrogen) atoms. The van der Waals surface area contributed by atoms with E-state index in [1.54, 1.807) is 22.9 Å². The molecule has 0 aliphatic heterocycles. The van der Waals surface area contributed by atoms with E-state index in [1.807, 2.05) is 37.4 Å². The fraction of sp³-hybridized carbons (Fsp3) is 0.190. The molecule has 2 aromatic carbocycles. The van der Waals surface area contributed by atoms with E-state index in [0.29, 0.717) is 17.0 Å². The Bertz CT molecular complexity index is 980. The molecule has 0 radical (unpaired) electrons. The smallest absolute Gasteiger partial charge is 0.358 e. The van der Waals surface area contributed by atoms with E-state index in [0.717, 1.165) is 12.1 Å². The van der Waals surface area contributed by atoms with Gasteiger partial charge in [0.15, 0.2) is 5.71 Å². The summed E-state index contributed by atoms with van der Waals surface area (Å²) in [5.41, 5.74) is 3.15. The highest BCUT2D eigenvalue weighted by Gasteiger charge is 2.18. The van der Waals surface area contributed by atoms with Crippen molar-refractivity contribution in [3.63, 3.8) is 0 Å². The summed E-state index contributed by atoms with van der Waals surface area (Å²) in [6.45, 7) is 0.161. The van der Waals surface area contributed by atoms with E-state index in [9.17, 15) is 9.90 Å². The molecule has 1 aromatic heterocycles. The Morgan fingerprint density at radius 1 is 1.14 bits per heavy atom. The van der Waals surface area contributed by atoms with Crippen LogP contribution in [-0.2, 0) is 29.7 Å². The van der Waals surface area contributed by atoms with Crippen LogP contribution in [0.25, 0.3) is 0 Å². The maximum atomic E-state index is 11.5. The Hall–Kier alpha value is -3.61. The van der Waals surface area contributed by atoms with Crippen molar-refractivity contribution in [1.82, 2.24) is 9.78 Å². The molecule has 0 aliphatic carbocycles. The molecule has 1 heterocycles. The number of nitrogens with zero attached hydrogens (tertiary/aromatic N) is 3. The lowest BCUT2D eigenvalue weighted by Gasteiger charge is -2.09. The zero-order valence-corrected chi connectivity index (χ0v) is 15.7. The fourth-order valence-electron chi connectivity index (χ4n) is 2.84. The molecule has 0 saturated heterocycles. The first kappa shape index (κ1) is 19.2. The average molecular weight is 379 g/mol. The van der Waals surface area contributed by atoms with Gasteiger partial charge in [-0.2, -0.15) is 0 Å². The molecule has 144 valence electrons. The summed E-state index contributed by atoms with van der Waals surface area (Å²) in [4.78, 5) is 16.1. The standard InChI is InChI=1S/C21H21N3O4/c1-24-17(12-15-8-4-3-5-9-15)13-19(22-24)28-14-16-10-6-7-11-18(16)20(21(25)26)23-27-2/h3-11,13H,12,14H2,1-2H3,(H,25,26). The van der Waals surface area contributed by atoms with E-state index in [4.69, 9.17) is 4.74 Å². The van der Waals surface area contributed by atoms with Gasteiger partial charge in [-0.05, 0) is 11.1 Å². The van der Waals surface area contributed by atoms with Gasteiger partial charge in [0.05, 0.1) is 0 Å². The van der Waals surface area contributed by atoms with E-state index in [2.05, 4.69) is 27.2 Å². The number of oxime groups is 1. The van der Waals surface area contributed by atoms with Gasteiger partial charge in [-0.3, -0.25) is 4.68 Å². The Morgan fingerprint density at radius 2 is 1.86 bits per heavy atom. The molecular formula is C21H21N3O4. The summed E-state index contributed by atoms with van der Waals surface area (Å²) < 4.78 is 7.60. The Kier molecular flexibility index (Phi) is 6.06. The summed E-state index contributed by atoms with van der Waals surface area (Å²) in [7, 11) is 3.18. The summed E-state index contributed by atoms with van der Waals surface area (Å²) in [5, 5.41) is 17.4. The van der Waals surface area contributed by atoms with Crippen molar-refractivity contribution in [2.24, 2.45) is 12.2 Å². The van der Waals surface area contributed by atoms with Crippen molar-refractivity contribution >= 4 is 11.7 Å². The lowest BCUT2D eigenvalue weighted by molar-refractivity contribution is -0.129. The third-order valence-electron chi connectivity index (χ3n) is 4.22. The fourth-order valence-corrected chi connectivity index (χ4v) is 2.84. The number of rotatable bonds is 8. The number of benzene rings is 2. The summed E-state index contributed by atoms with van der Waals surface area (Å²) in [5.74, 6) is -0.693. The van der Waals surface area contributed by atoms with Gasteiger partial charge in [0.25, 0.3) is 0 Å². The second-order valence-corrected chi connectivity index (χ2v) is 6.13. The highest BCUT2D eigenvalue weighted by atomic mass is 16.6. The van der Waals surface area contributed by atoms with Crippen molar-refractivity contribution in [3.05, 3.63) is 83.0 Å². The van der Waals surface area contributed by atoms with Crippen molar-refractivity contribution in [3.8, 4) is 5.88 Å². The predicted octanol–water partition coefficient (Wildman–Crippen LogP) is 3.03. The summed E-state index contributed by atoms with van der Waals surface area (Å²) in [6.07, 6.45) is 0.744. The number of hydrogen-bond donors (Lipinski definition) is 1. The Morgan fingerprint density at radius 3 is 2.57 bits per heavy atom. The van der Waals surface area contributed by atoms with Crippen molar-refractivity contribution in [2.45, 2.75) is 13.0 Å². The van der Waals surface area contributed by atoms with Crippen LogP contribution >= 0.6 is 0 Å². The third kappa shape index (κ3) is 4.56. The number of aliphatic carboxylic acids is 1. The normalized spacial score (nSPS) is 11.3. The van der Waals surface area contributed by atoms with Crippen LogP contribution in [0.1, 0.15) is 22.4 Å². The lowest BCUT2D eigenvalue weighted by atomic mass is 10.0.